The van der Waals surface area contributed by atoms with Crippen molar-refractivity contribution in [1.29, 1.82) is 5.26 Å². The van der Waals surface area contributed by atoms with E-state index in [2.05, 4.69) is 15.8 Å². The maximum Gasteiger partial charge on any atom is 0.573 e. The van der Waals surface area contributed by atoms with Gasteiger partial charge < -0.3 is 9.64 Å². The molecule has 0 saturated heterocycles. The van der Waals surface area contributed by atoms with Gasteiger partial charge in [-0.05, 0) is 37.6 Å². The second-order valence-electron chi connectivity index (χ2n) is 7.87. The first-order valence-electron chi connectivity index (χ1n) is 10.1. The van der Waals surface area contributed by atoms with Gasteiger partial charge in [-0.2, -0.15) is 5.26 Å². The highest BCUT2D eigenvalue weighted by molar-refractivity contribution is 7.89. The summed E-state index contributed by atoms with van der Waals surface area (Å²) >= 11 is 0. The zero-order valence-electron chi connectivity index (χ0n) is 18.1. The van der Waals surface area contributed by atoms with Crippen LogP contribution in [0.15, 0.2) is 41.4 Å². The third kappa shape index (κ3) is 5.23. The summed E-state index contributed by atoms with van der Waals surface area (Å²) in [5.74, 6) is -1.25. The molecular formula is C21H21F5N4O3S. The summed E-state index contributed by atoms with van der Waals surface area (Å²) in [5, 5.41) is 9.84. The number of hydrogen-bond donors (Lipinski definition) is 1. The number of pyridine rings is 1. The number of nitrogens with one attached hydrogen (secondary N) is 1. The fraction of sp³-hybridized carbons (Fsp3) is 0.429. The van der Waals surface area contributed by atoms with Gasteiger partial charge in [0.2, 0.25) is 10.0 Å². The van der Waals surface area contributed by atoms with Crippen LogP contribution in [0.4, 0.5) is 27.6 Å². The van der Waals surface area contributed by atoms with Crippen molar-refractivity contribution in [3.8, 4) is 11.8 Å². The van der Waals surface area contributed by atoms with E-state index in [1.807, 2.05) is 4.72 Å². The summed E-state index contributed by atoms with van der Waals surface area (Å²) < 4.78 is 94.2. The second-order valence-corrected chi connectivity index (χ2v) is 9.58. The number of alkyl halides is 5. The van der Waals surface area contributed by atoms with Crippen LogP contribution in [0.5, 0.6) is 5.75 Å². The number of ether oxygens (including phenoxy) is 1. The highest BCUT2D eigenvalue weighted by Gasteiger charge is 2.42. The molecule has 1 N–H and O–H groups in total. The molecule has 1 aromatic carbocycles. The number of nitriles is 1. The number of aromatic nitrogens is 1. The van der Waals surface area contributed by atoms with E-state index in [0.29, 0.717) is 16.9 Å². The molecule has 2 unspecified atom stereocenters. The Kier molecular flexibility index (Phi) is 7.32. The number of nitrogens with zero attached hydrogens (tertiary/aromatic N) is 3. The van der Waals surface area contributed by atoms with Gasteiger partial charge in [0.1, 0.15) is 24.0 Å². The summed E-state index contributed by atoms with van der Waals surface area (Å²) in [7, 11) is -4.24. The van der Waals surface area contributed by atoms with Crippen LogP contribution < -0.4 is 14.4 Å². The zero-order valence-corrected chi connectivity index (χ0v) is 18.9. The summed E-state index contributed by atoms with van der Waals surface area (Å²) in [6, 6.07) is 5.88. The van der Waals surface area contributed by atoms with Crippen LogP contribution in [0.3, 0.4) is 0 Å². The molecule has 0 fully saturated rings. The minimum Gasteiger partial charge on any atom is -0.406 e. The van der Waals surface area contributed by atoms with Crippen molar-refractivity contribution in [3.05, 3.63) is 47.8 Å². The van der Waals surface area contributed by atoms with Gasteiger partial charge in [-0.15, -0.1) is 13.2 Å². The molecule has 2 aromatic rings. The first kappa shape index (κ1) is 25.6. The van der Waals surface area contributed by atoms with Crippen molar-refractivity contribution < 1.29 is 35.1 Å². The Morgan fingerprint density at radius 1 is 1.21 bits per heavy atom. The fourth-order valence-electron chi connectivity index (χ4n) is 3.86. The number of sulfonamides is 1. The monoisotopic (exact) mass is 504 g/mol. The number of fused-ring (bicyclic) bond motifs is 1. The number of rotatable bonds is 8. The number of halogens is 5. The lowest BCUT2D eigenvalue weighted by Gasteiger charge is -2.32. The molecule has 0 spiro atoms. The van der Waals surface area contributed by atoms with E-state index >= 15 is 0 Å². The lowest BCUT2D eigenvalue weighted by atomic mass is 9.94. The van der Waals surface area contributed by atoms with Crippen LogP contribution in [0.1, 0.15) is 37.1 Å². The molecular weight excluding hydrogens is 483 g/mol. The van der Waals surface area contributed by atoms with Gasteiger partial charge in [0, 0.05) is 24.0 Å². The molecule has 2 atom stereocenters. The smallest absolute Gasteiger partial charge is 0.406 e. The van der Waals surface area contributed by atoms with Crippen LogP contribution >= 0.6 is 0 Å². The topological polar surface area (TPSA) is 95.3 Å². The lowest BCUT2D eigenvalue weighted by molar-refractivity contribution is -0.274. The highest BCUT2D eigenvalue weighted by atomic mass is 32.2. The van der Waals surface area contributed by atoms with E-state index < -0.39 is 53.5 Å². The summed E-state index contributed by atoms with van der Waals surface area (Å²) in [6.07, 6.45) is -3.89. The molecule has 1 aromatic heterocycles. The Morgan fingerprint density at radius 3 is 2.38 bits per heavy atom. The molecule has 0 bridgehead atoms. The molecule has 34 heavy (non-hydrogen) atoms. The highest BCUT2D eigenvalue weighted by Crippen LogP contribution is 2.50. The molecule has 1 aliphatic heterocycles. The second kappa shape index (κ2) is 9.71. The van der Waals surface area contributed by atoms with Crippen molar-refractivity contribution in [3.63, 3.8) is 0 Å². The molecule has 2 heterocycles. The fourth-order valence-corrected chi connectivity index (χ4v) is 5.00. The molecule has 0 amide bonds. The summed E-state index contributed by atoms with van der Waals surface area (Å²) in [4.78, 5) is 5.55. The van der Waals surface area contributed by atoms with Crippen LogP contribution in [0.25, 0.3) is 0 Å². The van der Waals surface area contributed by atoms with Gasteiger partial charge in [-0.3, -0.25) is 4.98 Å². The van der Waals surface area contributed by atoms with Crippen LogP contribution in [0, 0.1) is 11.3 Å². The standard InChI is InChI=1S/C21H21F5N4O3S/c1-12(2)30-19-7-14(33-21(24,25)26)3-5-16(19)17(10-27)20(30)18-6-4-15(11-28-18)34(31,32)29-13(8-22)9-23/h3-7,11-13,17,20,29H,8-9H2,1-2H3. The van der Waals surface area contributed by atoms with Gasteiger partial charge in [0.25, 0.3) is 0 Å². The number of benzene rings is 1. The van der Waals surface area contributed by atoms with E-state index in [4.69, 9.17) is 0 Å². The maximum absolute atomic E-state index is 12.7. The van der Waals surface area contributed by atoms with Crippen LogP contribution in [0.2, 0.25) is 0 Å². The largest absolute Gasteiger partial charge is 0.573 e. The number of anilines is 1. The molecule has 3 rings (SSSR count). The predicted octanol–water partition coefficient (Wildman–Crippen LogP) is 4.14. The molecule has 1 aliphatic rings. The Morgan fingerprint density at radius 2 is 1.88 bits per heavy atom. The molecule has 0 saturated carbocycles. The first-order chi connectivity index (χ1) is 15.9. The molecule has 13 heteroatoms. The van der Waals surface area contributed by atoms with Gasteiger partial charge in [0.15, 0.2) is 0 Å². The Balaban J connectivity index is 1.99. The van der Waals surface area contributed by atoms with Crippen molar-refractivity contribution in [2.75, 3.05) is 18.2 Å². The minimum atomic E-state index is -4.89. The van der Waals surface area contributed by atoms with Crippen LogP contribution in [-0.4, -0.2) is 45.2 Å². The van der Waals surface area contributed by atoms with Gasteiger partial charge in [0.05, 0.1) is 29.8 Å². The minimum absolute atomic E-state index is 0.273. The third-order valence-corrected chi connectivity index (χ3v) is 6.73. The first-order valence-corrected chi connectivity index (χ1v) is 11.6. The average molecular weight is 504 g/mol. The molecule has 0 radical (unpaired) electrons. The van der Waals surface area contributed by atoms with Gasteiger partial charge in [-0.1, -0.05) is 6.07 Å². The molecule has 7 nitrogen and oxygen atoms in total. The van der Waals surface area contributed by atoms with E-state index in [1.54, 1.807) is 18.7 Å². The molecule has 0 aliphatic carbocycles. The van der Waals surface area contributed by atoms with Crippen molar-refractivity contribution in [2.45, 2.75) is 49.1 Å². The Hall–Kier alpha value is -2.98. The zero-order chi connectivity index (χ0) is 25.3. The normalized spacial score (nSPS) is 18.3. The van der Waals surface area contributed by atoms with E-state index in [1.165, 1.54) is 24.3 Å². The van der Waals surface area contributed by atoms with E-state index in [-0.39, 0.29) is 10.9 Å². The summed E-state index contributed by atoms with van der Waals surface area (Å²) in [5.41, 5.74) is 1.13. The van der Waals surface area contributed by atoms with Crippen molar-refractivity contribution >= 4 is 15.7 Å². The number of hydrogen-bond acceptors (Lipinski definition) is 6. The van der Waals surface area contributed by atoms with Crippen molar-refractivity contribution in [1.82, 2.24) is 9.71 Å². The molecule has 184 valence electrons. The van der Waals surface area contributed by atoms with Gasteiger partial charge >= 0.3 is 6.36 Å². The third-order valence-electron chi connectivity index (χ3n) is 5.23. The van der Waals surface area contributed by atoms with E-state index in [0.717, 1.165) is 12.3 Å². The Bertz CT molecular complexity index is 1160. The van der Waals surface area contributed by atoms with E-state index in [9.17, 15) is 35.6 Å². The quantitative estimate of drug-likeness (QED) is 0.543. The maximum atomic E-state index is 12.7. The lowest BCUT2D eigenvalue weighted by Crippen LogP contribution is -2.38. The SMILES string of the molecule is CC(C)N1c2cc(OC(F)(F)F)ccc2C(C#N)C1c1ccc(S(=O)(=O)NC(CF)CF)cn1. The Labute approximate surface area is 193 Å². The van der Waals surface area contributed by atoms with Gasteiger partial charge in [-0.25, -0.2) is 21.9 Å². The average Bonchev–Trinajstić information content (AvgIpc) is 3.10. The van der Waals surface area contributed by atoms with Crippen molar-refractivity contribution in [2.24, 2.45) is 0 Å². The van der Waals surface area contributed by atoms with Crippen LogP contribution in [-0.2, 0) is 10.0 Å². The summed E-state index contributed by atoms with van der Waals surface area (Å²) in [6.45, 7) is 1.11. The predicted molar refractivity (Wildman–Crippen MR) is 112 cm³/mol.